The molecule has 1 amide bonds. The molecule has 0 bridgehead atoms. The molecule has 1 saturated heterocycles. The summed E-state index contributed by atoms with van der Waals surface area (Å²) in [6.45, 7) is 1.66. The molecule has 2 heterocycles. The van der Waals surface area contributed by atoms with E-state index in [1.165, 1.54) is 11.6 Å². The van der Waals surface area contributed by atoms with Gasteiger partial charge in [0, 0.05) is 32.3 Å². The first-order chi connectivity index (χ1) is 12.1. The van der Waals surface area contributed by atoms with Crippen LogP contribution in [0.1, 0.15) is 36.3 Å². The summed E-state index contributed by atoms with van der Waals surface area (Å²) >= 11 is 0. The van der Waals surface area contributed by atoms with Crippen molar-refractivity contribution < 1.29 is 9.18 Å². The Hall–Kier alpha value is -2.17. The number of rotatable bonds is 4. The highest BCUT2D eigenvalue weighted by Crippen LogP contribution is 2.48. The van der Waals surface area contributed by atoms with Crippen molar-refractivity contribution in [1.29, 1.82) is 0 Å². The molecule has 1 aromatic carbocycles. The van der Waals surface area contributed by atoms with Crippen LogP contribution in [-0.4, -0.2) is 33.7 Å². The van der Waals surface area contributed by atoms with E-state index in [1.807, 2.05) is 30.4 Å². The van der Waals surface area contributed by atoms with Gasteiger partial charge in [0.2, 0.25) is 5.91 Å². The van der Waals surface area contributed by atoms with Gasteiger partial charge >= 0.3 is 0 Å². The third-order valence-electron chi connectivity index (χ3n) is 5.60. The highest BCUT2D eigenvalue weighted by molar-refractivity contribution is 5.83. The van der Waals surface area contributed by atoms with Gasteiger partial charge in [0.1, 0.15) is 5.82 Å². The van der Waals surface area contributed by atoms with E-state index in [2.05, 4.69) is 5.10 Å². The second-order valence-electron chi connectivity index (χ2n) is 7.50. The van der Waals surface area contributed by atoms with Crippen LogP contribution in [-0.2, 0) is 18.3 Å². The summed E-state index contributed by atoms with van der Waals surface area (Å²) in [6.07, 6.45) is 7.76. The maximum Gasteiger partial charge on any atom is 0.226 e. The second-order valence-corrected chi connectivity index (χ2v) is 7.50. The van der Waals surface area contributed by atoms with E-state index in [4.69, 9.17) is 0 Å². The summed E-state index contributed by atoms with van der Waals surface area (Å²) in [6, 6.07) is 6.87. The Morgan fingerprint density at radius 2 is 2.12 bits per heavy atom. The Labute approximate surface area is 147 Å². The van der Waals surface area contributed by atoms with E-state index in [0.717, 1.165) is 44.3 Å². The SMILES string of the molecule is Cn1cc([C@@H]2C[C@@H]2C(=O)N2CCC(Cc3cccc(F)c3)CC2)cn1. The van der Waals surface area contributed by atoms with Crippen LogP contribution in [0.15, 0.2) is 36.7 Å². The van der Waals surface area contributed by atoms with E-state index in [-0.39, 0.29) is 11.7 Å². The van der Waals surface area contributed by atoms with Gasteiger partial charge in [-0.05, 0) is 60.8 Å². The minimum Gasteiger partial charge on any atom is -0.342 e. The van der Waals surface area contributed by atoms with Gasteiger partial charge in [0.05, 0.1) is 6.20 Å². The normalized spacial score (nSPS) is 23.7. The van der Waals surface area contributed by atoms with Crippen molar-refractivity contribution in [1.82, 2.24) is 14.7 Å². The zero-order valence-corrected chi connectivity index (χ0v) is 14.6. The molecule has 0 spiro atoms. The fourth-order valence-corrected chi connectivity index (χ4v) is 4.06. The lowest BCUT2D eigenvalue weighted by Crippen LogP contribution is -2.40. The molecular formula is C20H24FN3O. The van der Waals surface area contributed by atoms with E-state index >= 15 is 0 Å². The number of piperidine rings is 1. The van der Waals surface area contributed by atoms with Crippen molar-refractivity contribution in [3.63, 3.8) is 0 Å². The lowest BCUT2D eigenvalue weighted by Gasteiger charge is -2.32. The number of aromatic nitrogens is 2. The van der Waals surface area contributed by atoms with Gasteiger partial charge in [-0.15, -0.1) is 0 Å². The lowest BCUT2D eigenvalue weighted by molar-refractivity contribution is -0.134. The molecule has 1 aliphatic heterocycles. The number of likely N-dealkylation sites (tertiary alicyclic amines) is 1. The maximum absolute atomic E-state index is 13.3. The number of aryl methyl sites for hydroxylation is 1. The zero-order chi connectivity index (χ0) is 17.4. The first kappa shape index (κ1) is 16.3. The number of carbonyl (C=O) groups is 1. The molecule has 5 heteroatoms. The average molecular weight is 341 g/mol. The topological polar surface area (TPSA) is 38.1 Å². The molecule has 0 radical (unpaired) electrons. The summed E-state index contributed by atoms with van der Waals surface area (Å²) in [5, 5.41) is 4.21. The standard InChI is InChI=1S/C20H24FN3O/c1-23-13-16(12-22-23)18-11-19(18)20(25)24-7-5-14(6-8-24)9-15-3-2-4-17(21)10-15/h2-4,10,12-14,18-19H,5-9,11H2,1H3/t18-,19-/m0/s1. The zero-order valence-electron chi connectivity index (χ0n) is 14.6. The van der Waals surface area contributed by atoms with Crippen molar-refractivity contribution in [2.24, 2.45) is 18.9 Å². The van der Waals surface area contributed by atoms with Gasteiger partial charge < -0.3 is 4.90 Å². The first-order valence-electron chi connectivity index (χ1n) is 9.12. The quantitative estimate of drug-likeness (QED) is 0.857. The second kappa shape index (κ2) is 6.62. The van der Waals surface area contributed by atoms with Gasteiger partial charge in [0.15, 0.2) is 0 Å². The molecule has 1 aromatic heterocycles. The maximum atomic E-state index is 13.3. The van der Waals surface area contributed by atoms with Crippen LogP contribution in [0.25, 0.3) is 0 Å². The molecule has 0 N–H and O–H groups in total. The fraction of sp³-hybridized carbons (Fsp3) is 0.500. The molecule has 0 unspecified atom stereocenters. The van der Waals surface area contributed by atoms with Crippen molar-refractivity contribution in [3.8, 4) is 0 Å². The lowest BCUT2D eigenvalue weighted by atomic mass is 9.90. The summed E-state index contributed by atoms with van der Waals surface area (Å²) in [7, 11) is 1.91. The van der Waals surface area contributed by atoms with E-state index < -0.39 is 0 Å². The van der Waals surface area contributed by atoms with E-state index in [0.29, 0.717) is 17.7 Å². The molecule has 2 aliphatic rings. The average Bonchev–Trinajstić information content (AvgIpc) is 3.29. The van der Waals surface area contributed by atoms with Crippen molar-refractivity contribution in [3.05, 3.63) is 53.6 Å². The minimum atomic E-state index is -0.166. The van der Waals surface area contributed by atoms with Crippen LogP contribution in [0.3, 0.4) is 0 Å². The van der Waals surface area contributed by atoms with Gasteiger partial charge in [-0.2, -0.15) is 5.10 Å². The molecule has 1 aliphatic carbocycles. The van der Waals surface area contributed by atoms with Gasteiger partial charge in [-0.1, -0.05) is 12.1 Å². The molecule has 2 fully saturated rings. The number of benzene rings is 1. The Morgan fingerprint density at radius 3 is 2.80 bits per heavy atom. The van der Waals surface area contributed by atoms with Crippen LogP contribution in [0.4, 0.5) is 4.39 Å². The number of hydrogen-bond acceptors (Lipinski definition) is 2. The van der Waals surface area contributed by atoms with Crippen LogP contribution < -0.4 is 0 Å². The Balaban J connectivity index is 1.28. The Bertz CT molecular complexity index is 764. The van der Waals surface area contributed by atoms with Gasteiger partial charge in [-0.3, -0.25) is 9.48 Å². The predicted octanol–water partition coefficient (Wildman–Crippen LogP) is 3.14. The molecule has 2 atom stereocenters. The Morgan fingerprint density at radius 1 is 1.32 bits per heavy atom. The third-order valence-corrected chi connectivity index (χ3v) is 5.60. The summed E-state index contributed by atoms with van der Waals surface area (Å²) in [5.74, 6) is 1.17. The van der Waals surface area contributed by atoms with Crippen LogP contribution in [0, 0.1) is 17.7 Å². The van der Waals surface area contributed by atoms with Crippen molar-refractivity contribution in [2.45, 2.75) is 31.6 Å². The molecule has 2 aromatic rings. The van der Waals surface area contributed by atoms with Crippen molar-refractivity contribution in [2.75, 3.05) is 13.1 Å². The van der Waals surface area contributed by atoms with Crippen LogP contribution in [0.2, 0.25) is 0 Å². The largest absolute Gasteiger partial charge is 0.342 e. The van der Waals surface area contributed by atoms with Gasteiger partial charge in [0.25, 0.3) is 0 Å². The molecule has 132 valence electrons. The number of hydrogen-bond donors (Lipinski definition) is 0. The van der Waals surface area contributed by atoms with Crippen LogP contribution >= 0.6 is 0 Å². The molecule has 4 rings (SSSR count). The number of amides is 1. The first-order valence-corrected chi connectivity index (χ1v) is 9.12. The minimum absolute atomic E-state index is 0.143. The summed E-state index contributed by atoms with van der Waals surface area (Å²) < 4.78 is 15.1. The van der Waals surface area contributed by atoms with E-state index in [9.17, 15) is 9.18 Å². The van der Waals surface area contributed by atoms with Gasteiger partial charge in [-0.25, -0.2) is 4.39 Å². The Kier molecular flexibility index (Phi) is 4.32. The molecule has 4 nitrogen and oxygen atoms in total. The molecule has 25 heavy (non-hydrogen) atoms. The van der Waals surface area contributed by atoms with E-state index in [1.54, 1.807) is 16.8 Å². The smallest absolute Gasteiger partial charge is 0.226 e. The molecular weight excluding hydrogens is 317 g/mol. The van der Waals surface area contributed by atoms with Crippen LogP contribution in [0.5, 0.6) is 0 Å². The summed E-state index contributed by atoms with van der Waals surface area (Å²) in [4.78, 5) is 14.7. The fourth-order valence-electron chi connectivity index (χ4n) is 4.06. The molecule has 1 saturated carbocycles. The van der Waals surface area contributed by atoms with Crippen molar-refractivity contribution >= 4 is 5.91 Å². The monoisotopic (exact) mass is 341 g/mol. The predicted molar refractivity (Wildman–Crippen MR) is 93.5 cm³/mol. The number of nitrogens with zero attached hydrogens (tertiary/aromatic N) is 3. The number of carbonyl (C=O) groups excluding carboxylic acids is 1. The summed E-state index contributed by atoms with van der Waals surface area (Å²) in [5.41, 5.74) is 2.24. The third kappa shape index (κ3) is 3.60. The highest BCUT2D eigenvalue weighted by atomic mass is 19.1. The highest BCUT2D eigenvalue weighted by Gasteiger charge is 2.46. The number of halogens is 1.